The van der Waals surface area contributed by atoms with Crippen molar-refractivity contribution in [3.05, 3.63) is 35.4 Å². The van der Waals surface area contributed by atoms with E-state index < -0.39 is 0 Å². The Morgan fingerprint density at radius 2 is 1.82 bits per heavy atom. The fourth-order valence-corrected chi connectivity index (χ4v) is 2.64. The first-order valence-electron chi connectivity index (χ1n) is 6.97. The van der Waals surface area contributed by atoms with Crippen molar-refractivity contribution in [3.63, 3.8) is 0 Å². The Morgan fingerprint density at radius 3 is 2.24 bits per heavy atom. The predicted octanol–water partition coefficient (Wildman–Crippen LogP) is 3.74. The highest BCUT2D eigenvalue weighted by Crippen LogP contribution is 2.31. The van der Waals surface area contributed by atoms with Crippen molar-refractivity contribution in [3.8, 4) is 0 Å². The molecule has 1 aliphatic rings. The maximum absolute atomic E-state index is 3.49. The third-order valence-corrected chi connectivity index (χ3v) is 4.19. The Labute approximate surface area is 106 Å². The van der Waals surface area contributed by atoms with Crippen molar-refractivity contribution < 1.29 is 0 Å². The zero-order chi connectivity index (χ0) is 12.3. The smallest absolute Gasteiger partial charge is 0.0133 e. The molecule has 1 heteroatoms. The lowest BCUT2D eigenvalue weighted by Crippen LogP contribution is -2.39. The van der Waals surface area contributed by atoms with E-state index in [1.807, 2.05) is 0 Å². The fourth-order valence-electron chi connectivity index (χ4n) is 2.64. The minimum absolute atomic E-state index is 0.635. The van der Waals surface area contributed by atoms with Crippen LogP contribution in [0, 0.1) is 5.92 Å². The molecule has 1 N–H and O–H groups in total. The summed E-state index contributed by atoms with van der Waals surface area (Å²) >= 11 is 0. The Balaban J connectivity index is 1.97. The van der Waals surface area contributed by atoms with Crippen LogP contribution in [0.15, 0.2) is 24.3 Å². The van der Waals surface area contributed by atoms with E-state index in [1.165, 1.54) is 36.8 Å². The molecule has 1 aliphatic carbocycles. The monoisotopic (exact) mass is 231 g/mol. The summed E-state index contributed by atoms with van der Waals surface area (Å²) in [5, 5.41) is 3.49. The number of hydrogen-bond donors (Lipinski definition) is 1. The van der Waals surface area contributed by atoms with E-state index in [0.717, 1.165) is 5.92 Å². The van der Waals surface area contributed by atoms with Crippen molar-refractivity contribution in [2.24, 2.45) is 5.92 Å². The number of hydrogen-bond acceptors (Lipinski definition) is 1. The lowest BCUT2D eigenvalue weighted by atomic mass is 9.77. The average molecular weight is 231 g/mol. The first-order valence-corrected chi connectivity index (χ1v) is 6.97. The zero-order valence-electron chi connectivity index (χ0n) is 11.4. The molecule has 0 amide bonds. The van der Waals surface area contributed by atoms with Crippen LogP contribution in [0.4, 0.5) is 0 Å². The second kappa shape index (κ2) is 5.68. The molecule has 0 spiro atoms. The van der Waals surface area contributed by atoms with Crippen LogP contribution < -0.4 is 5.32 Å². The molecule has 17 heavy (non-hydrogen) atoms. The van der Waals surface area contributed by atoms with E-state index in [1.54, 1.807) is 0 Å². The molecule has 1 aromatic rings. The van der Waals surface area contributed by atoms with Gasteiger partial charge >= 0.3 is 0 Å². The molecule has 2 rings (SSSR count). The number of likely N-dealkylation sites (N-methyl/N-ethyl adjacent to an activating group) is 1. The van der Waals surface area contributed by atoms with Gasteiger partial charge in [-0.15, -0.1) is 0 Å². The van der Waals surface area contributed by atoms with Gasteiger partial charge in [0.2, 0.25) is 0 Å². The molecule has 0 aromatic heterocycles. The maximum Gasteiger partial charge on any atom is 0.0133 e. The van der Waals surface area contributed by atoms with E-state index in [0.29, 0.717) is 12.0 Å². The van der Waals surface area contributed by atoms with Crippen LogP contribution in [0.3, 0.4) is 0 Å². The molecule has 0 heterocycles. The van der Waals surface area contributed by atoms with Crippen molar-refractivity contribution in [1.29, 1.82) is 0 Å². The predicted molar refractivity (Wildman–Crippen MR) is 74.4 cm³/mol. The minimum Gasteiger partial charge on any atom is -0.316 e. The van der Waals surface area contributed by atoms with Gasteiger partial charge in [-0.2, -0.15) is 0 Å². The zero-order valence-corrected chi connectivity index (χ0v) is 11.4. The van der Waals surface area contributed by atoms with E-state index in [2.05, 4.69) is 50.5 Å². The van der Waals surface area contributed by atoms with Gasteiger partial charge in [0.25, 0.3) is 0 Å². The van der Waals surface area contributed by atoms with Gasteiger partial charge in [-0.3, -0.25) is 0 Å². The fraction of sp³-hybridized carbons (Fsp3) is 0.625. The van der Waals surface area contributed by atoms with E-state index >= 15 is 0 Å². The first kappa shape index (κ1) is 12.6. The van der Waals surface area contributed by atoms with Crippen molar-refractivity contribution in [1.82, 2.24) is 5.32 Å². The molecule has 1 unspecified atom stereocenters. The van der Waals surface area contributed by atoms with Gasteiger partial charge in [-0.25, -0.2) is 0 Å². The lowest BCUT2D eigenvalue weighted by molar-refractivity contribution is 0.236. The molecule has 1 aromatic carbocycles. The van der Waals surface area contributed by atoms with Crippen LogP contribution in [0.5, 0.6) is 0 Å². The van der Waals surface area contributed by atoms with Crippen molar-refractivity contribution in [2.45, 2.75) is 51.5 Å². The van der Waals surface area contributed by atoms with Gasteiger partial charge < -0.3 is 5.32 Å². The number of benzene rings is 1. The van der Waals surface area contributed by atoms with Crippen LogP contribution in [0.2, 0.25) is 0 Å². The van der Waals surface area contributed by atoms with Gasteiger partial charge in [0.1, 0.15) is 0 Å². The molecule has 0 radical (unpaired) electrons. The standard InChI is InChI=1S/C16H25N/c1-12(2)14-9-7-13(8-10-14)11-16(17-3)15-5-4-6-15/h7-10,12,15-17H,4-6,11H2,1-3H3. The molecular formula is C16H25N. The van der Waals surface area contributed by atoms with E-state index in [4.69, 9.17) is 0 Å². The molecule has 0 saturated heterocycles. The summed E-state index contributed by atoms with van der Waals surface area (Å²) in [6, 6.07) is 9.85. The SMILES string of the molecule is CNC(Cc1ccc(C(C)C)cc1)C1CCC1. The molecule has 1 atom stereocenters. The van der Waals surface area contributed by atoms with Gasteiger partial charge in [0.05, 0.1) is 0 Å². The van der Waals surface area contributed by atoms with Crippen molar-refractivity contribution in [2.75, 3.05) is 7.05 Å². The Hall–Kier alpha value is -0.820. The highest BCUT2D eigenvalue weighted by Gasteiger charge is 2.25. The largest absolute Gasteiger partial charge is 0.316 e. The Bertz CT molecular complexity index is 335. The molecule has 1 nitrogen and oxygen atoms in total. The summed E-state index contributed by atoms with van der Waals surface area (Å²) in [6.07, 6.45) is 5.43. The van der Waals surface area contributed by atoms with Crippen LogP contribution >= 0.6 is 0 Å². The molecule has 0 aliphatic heterocycles. The Morgan fingerprint density at radius 1 is 1.18 bits per heavy atom. The lowest BCUT2D eigenvalue weighted by Gasteiger charge is -2.33. The van der Waals surface area contributed by atoms with E-state index in [-0.39, 0.29) is 0 Å². The third kappa shape index (κ3) is 3.10. The van der Waals surface area contributed by atoms with Crippen LogP contribution in [-0.2, 0) is 6.42 Å². The van der Waals surface area contributed by atoms with Gasteiger partial charge in [-0.1, -0.05) is 44.5 Å². The Kier molecular flexibility index (Phi) is 4.22. The normalized spacial score (nSPS) is 18.1. The molecule has 94 valence electrons. The second-order valence-corrected chi connectivity index (χ2v) is 5.69. The molecule has 1 fully saturated rings. The van der Waals surface area contributed by atoms with Gasteiger partial charge in [0, 0.05) is 6.04 Å². The highest BCUT2D eigenvalue weighted by atomic mass is 14.9. The summed E-state index contributed by atoms with van der Waals surface area (Å²) in [5.74, 6) is 1.54. The molecular weight excluding hydrogens is 206 g/mol. The third-order valence-electron chi connectivity index (χ3n) is 4.19. The summed E-state index contributed by atoms with van der Waals surface area (Å²) in [6.45, 7) is 4.50. The van der Waals surface area contributed by atoms with Crippen molar-refractivity contribution >= 4 is 0 Å². The van der Waals surface area contributed by atoms with Crippen LogP contribution in [-0.4, -0.2) is 13.1 Å². The van der Waals surface area contributed by atoms with Gasteiger partial charge in [-0.05, 0) is 49.3 Å². The maximum atomic E-state index is 3.49. The summed E-state index contributed by atoms with van der Waals surface area (Å²) in [5.41, 5.74) is 2.92. The highest BCUT2D eigenvalue weighted by molar-refractivity contribution is 5.25. The minimum atomic E-state index is 0.635. The summed E-state index contributed by atoms with van der Waals surface area (Å²) < 4.78 is 0. The topological polar surface area (TPSA) is 12.0 Å². The molecule has 0 bridgehead atoms. The second-order valence-electron chi connectivity index (χ2n) is 5.69. The quantitative estimate of drug-likeness (QED) is 0.814. The average Bonchev–Trinajstić information content (AvgIpc) is 2.26. The van der Waals surface area contributed by atoms with Crippen LogP contribution in [0.25, 0.3) is 0 Å². The number of rotatable bonds is 5. The number of nitrogens with one attached hydrogen (secondary N) is 1. The van der Waals surface area contributed by atoms with Crippen LogP contribution in [0.1, 0.15) is 50.2 Å². The molecule has 1 saturated carbocycles. The first-order chi connectivity index (χ1) is 8.20. The van der Waals surface area contributed by atoms with E-state index in [9.17, 15) is 0 Å². The summed E-state index contributed by atoms with van der Waals surface area (Å²) in [4.78, 5) is 0. The van der Waals surface area contributed by atoms with Gasteiger partial charge in [0.15, 0.2) is 0 Å². The summed E-state index contributed by atoms with van der Waals surface area (Å²) in [7, 11) is 2.10.